The van der Waals surface area contributed by atoms with Crippen molar-refractivity contribution in [3.05, 3.63) is 82.5 Å². The Morgan fingerprint density at radius 3 is 1.84 bits per heavy atom. The van der Waals surface area contributed by atoms with Gasteiger partial charge in [0.2, 0.25) is 5.75 Å². The molecular formula is C34H42N6O9. The molecule has 0 spiro atoms. The molecule has 3 aromatic heterocycles. The Kier molecular flexibility index (Phi) is 14.1. The van der Waals surface area contributed by atoms with Crippen LogP contribution in [0.15, 0.2) is 70.1 Å². The van der Waals surface area contributed by atoms with Gasteiger partial charge in [0.05, 0.1) is 96.4 Å². The number of hydrogen-bond acceptors (Lipinski definition) is 13. The quantitative estimate of drug-likeness (QED) is 0.100. The van der Waals surface area contributed by atoms with Crippen molar-refractivity contribution >= 4 is 11.0 Å². The summed E-state index contributed by atoms with van der Waals surface area (Å²) in [6.45, 7) is 7.99. The minimum Gasteiger partial charge on any atom is -0.504 e. The van der Waals surface area contributed by atoms with Gasteiger partial charge in [0.15, 0.2) is 16.8 Å². The second kappa shape index (κ2) is 19.4. The van der Waals surface area contributed by atoms with Crippen LogP contribution in [0.5, 0.6) is 11.5 Å². The lowest BCUT2D eigenvalue weighted by Gasteiger charge is -2.10. The summed E-state index contributed by atoms with van der Waals surface area (Å²) in [4.78, 5) is 12.8. The number of rotatable bonds is 23. The van der Waals surface area contributed by atoms with Crippen molar-refractivity contribution in [2.45, 2.75) is 33.0 Å². The number of nitrogens with zero attached hydrogens (tertiary/aromatic N) is 6. The molecule has 3 heterocycles. The maximum absolute atomic E-state index is 12.8. The van der Waals surface area contributed by atoms with Gasteiger partial charge in [-0.05, 0) is 18.6 Å². The Balaban J connectivity index is 0.890. The van der Waals surface area contributed by atoms with Gasteiger partial charge in [0, 0.05) is 17.8 Å². The summed E-state index contributed by atoms with van der Waals surface area (Å²) in [6.07, 6.45) is 4.52. The molecule has 2 aromatic carbocycles. The molecular weight excluding hydrogens is 636 g/mol. The van der Waals surface area contributed by atoms with Crippen molar-refractivity contribution in [1.29, 1.82) is 0 Å². The molecule has 49 heavy (non-hydrogen) atoms. The largest absolute Gasteiger partial charge is 0.504 e. The number of hydrogen-bond donors (Lipinski definition) is 1. The highest BCUT2D eigenvalue weighted by Gasteiger charge is 2.16. The highest BCUT2D eigenvalue weighted by atomic mass is 16.6. The molecule has 5 rings (SSSR count). The van der Waals surface area contributed by atoms with E-state index in [1.807, 2.05) is 43.5 Å². The fraction of sp³-hybridized carbons (Fsp3) is 0.441. The van der Waals surface area contributed by atoms with Crippen LogP contribution in [0.2, 0.25) is 0 Å². The molecule has 0 aliphatic carbocycles. The first kappa shape index (κ1) is 35.6. The third kappa shape index (κ3) is 11.2. The maximum Gasteiger partial charge on any atom is 0.205 e. The van der Waals surface area contributed by atoms with Crippen LogP contribution in [0.3, 0.4) is 0 Å². The van der Waals surface area contributed by atoms with E-state index in [2.05, 4.69) is 20.6 Å². The van der Waals surface area contributed by atoms with Gasteiger partial charge in [-0.15, -0.1) is 10.2 Å². The lowest BCUT2D eigenvalue weighted by Crippen LogP contribution is -2.14. The lowest BCUT2D eigenvalue weighted by molar-refractivity contribution is -0.0121. The molecule has 0 radical (unpaired) electrons. The van der Waals surface area contributed by atoms with Crippen LogP contribution in [0.4, 0.5) is 0 Å². The maximum atomic E-state index is 12.8. The lowest BCUT2D eigenvalue weighted by atomic mass is 10.1. The Morgan fingerprint density at radius 1 is 0.714 bits per heavy atom. The molecule has 0 saturated heterocycles. The zero-order chi connectivity index (χ0) is 34.1. The van der Waals surface area contributed by atoms with E-state index in [0.29, 0.717) is 96.0 Å². The van der Waals surface area contributed by atoms with E-state index in [9.17, 15) is 9.90 Å². The summed E-state index contributed by atoms with van der Waals surface area (Å²) in [7, 11) is 0. The van der Waals surface area contributed by atoms with E-state index in [1.54, 1.807) is 15.6 Å². The number of aryl methyl sites for hydroxylation is 1. The first-order valence-electron chi connectivity index (χ1n) is 16.3. The van der Waals surface area contributed by atoms with E-state index in [1.165, 1.54) is 18.2 Å². The van der Waals surface area contributed by atoms with E-state index >= 15 is 0 Å². The highest BCUT2D eigenvalue weighted by Crippen LogP contribution is 2.36. The Bertz CT molecular complexity index is 1760. The minimum atomic E-state index is -0.240. The van der Waals surface area contributed by atoms with Crippen molar-refractivity contribution in [2.75, 3.05) is 66.1 Å². The minimum absolute atomic E-state index is 0.00867. The number of fused-ring (bicyclic) bond motifs is 1. The topological polar surface area (TPSA) is 167 Å². The molecule has 15 nitrogen and oxygen atoms in total. The van der Waals surface area contributed by atoms with Crippen molar-refractivity contribution in [3.63, 3.8) is 0 Å². The molecule has 0 saturated carbocycles. The number of ether oxygens (including phenoxy) is 6. The average molecular weight is 679 g/mol. The summed E-state index contributed by atoms with van der Waals surface area (Å²) in [5, 5.41) is 27.1. The molecule has 5 aromatic rings. The van der Waals surface area contributed by atoms with Crippen LogP contribution in [-0.4, -0.2) is 101 Å². The van der Waals surface area contributed by atoms with E-state index in [0.717, 1.165) is 17.7 Å². The molecule has 262 valence electrons. The van der Waals surface area contributed by atoms with E-state index < -0.39 is 0 Å². The number of aromatic nitrogens is 6. The normalized spacial score (nSPS) is 11.4. The SMILES string of the molecule is CCc1cn(CCOCCOCCOCCOCCOCCn2cc(COc3c(O)ccc4c(=O)cc(-c5ccccc5)oc34)nn2)nn1. The van der Waals surface area contributed by atoms with Crippen LogP contribution in [0, 0.1) is 0 Å². The predicted octanol–water partition coefficient (Wildman–Crippen LogP) is 3.27. The number of phenolic OH excluding ortho intramolecular Hbond substituents is 1. The summed E-state index contributed by atoms with van der Waals surface area (Å²) in [5.74, 6) is 0.286. The monoisotopic (exact) mass is 678 g/mol. The molecule has 0 aliphatic rings. The average Bonchev–Trinajstić information content (AvgIpc) is 3.79. The molecule has 0 unspecified atom stereocenters. The van der Waals surface area contributed by atoms with Crippen LogP contribution < -0.4 is 10.2 Å². The number of aromatic hydroxyl groups is 1. The molecule has 0 aliphatic heterocycles. The third-order valence-electron chi connectivity index (χ3n) is 7.21. The summed E-state index contributed by atoms with van der Waals surface area (Å²) < 4.78 is 43.0. The highest BCUT2D eigenvalue weighted by molar-refractivity contribution is 5.86. The van der Waals surface area contributed by atoms with Crippen LogP contribution in [0.25, 0.3) is 22.3 Å². The molecule has 0 atom stereocenters. The Hall–Kier alpha value is -4.67. The van der Waals surface area contributed by atoms with Crippen molar-refractivity contribution < 1.29 is 37.9 Å². The fourth-order valence-corrected chi connectivity index (χ4v) is 4.64. The van der Waals surface area contributed by atoms with Crippen molar-refractivity contribution in [1.82, 2.24) is 30.0 Å². The second-order valence-electron chi connectivity index (χ2n) is 10.8. The standard InChI is InChI=1S/C34H42N6O9/c1-2-27-23-39(37-35-27)10-12-43-14-16-45-18-20-47-21-19-46-17-15-44-13-11-40-24-28(36-38-40)25-48-34-30(41)9-8-29-31(42)22-32(49-33(29)34)26-6-4-3-5-7-26/h3-9,22-24,41H,2,10-21,25H2,1H3. The number of benzene rings is 2. The first-order valence-corrected chi connectivity index (χ1v) is 16.3. The van der Waals surface area contributed by atoms with Crippen LogP contribution >= 0.6 is 0 Å². The zero-order valence-corrected chi connectivity index (χ0v) is 27.6. The Labute approximate surface area is 283 Å². The van der Waals surface area contributed by atoms with E-state index in [4.69, 9.17) is 32.8 Å². The van der Waals surface area contributed by atoms with Gasteiger partial charge in [-0.25, -0.2) is 9.36 Å². The van der Waals surface area contributed by atoms with E-state index in [-0.39, 0.29) is 29.1 Å². The summed E-state index contributed by atoms with van der Waals surface area (Å²) >= 11 is 0. The third-order valence-corrected chi connectivity index (χ3v) is 7.21. The molecule has 0 fully saturated rings. The second-order valence-corrected chi connectivity index (χ2v) is 10.8. The predicted molar refractivity (Wildman–Crippen MR) is 177 cm³/mol. The Morgan fingerprint density at radius 2 is 1.27 bits per heavy atom. The molecule has 15 heteroatoms. The van der Waals surface area contributed by atoms with Gasteiger partial charge in [-0.2, -0.15) is 0 Å². The van der Waals surface area contributed by atoms with Gasteiger partial charge in [-0.1, -0.05) is 47.7 Å². The number of phenols is 1. The van der Waals surface area contributed by atoms with Gasteiger partial charge >= 0.3 is 0 Å². The van der Waals surface area contributed by atoms with Crippen LogP contribution in [0.1, 0.15) is 18.3 Å². The zero-order valence-electron chi connectivity index (χ0n) is 27.6. The van der Waals surface area contributed by atoms with Gasteiger partial charge in [0.1, 0.15) is 18.1 Å². The summed E-state index contributed by atoms with van der Waals surface area (Å²) in [6, 6.07) is 13.6. The first-order chi connectivity index (χ1) is 24.1. The van der Waals surface area contributed by atoms with Crippen LogP contribution in [-0.2, 0) is 49.8 Å². The van der Waals surface area contributed by atoms with Crippen molar-refractivity contribution in [3.8, 4) is 22.8 Å². The fourth-order valence-electron chi connectivity index (χ4n) is 4.64. The molecule has 1 N–H and O–H groups in total. The van der Waals surface area contributed by atoms with Gasteiger partial charge < -0.3 is 37.9 Å². The molecule has 0 amide bonds. The van der Waals surface area contributed by atoms with Gasteiger partial charge in [-0.3, -0.25) is 4.79 Å². The molecule has 0 bridgehead atoms. The van der Waals surface area contributed by atoms with Gasteiger partial charge in [0.25, 0.3) is 0 Å². The smallest absolute Gasteiger partial charge is 0.205 e. The summed E-state index contributed by atoms with van der Waals surface area (Å²) in [5.41, 5.74) is 2.16. The van der Waals surface area contributed by atoms with Crippen molar-refractivity contribution in [2.24, 2.45) is 0 Å².